The molecule has 0 bridgehead atoms. The average molecular weight is 362 g/mol. The van der Waals surface area contributed by atoms with Gasteiger partial charge in [-0.2, -0.15) is 0 Å². The second-order valence-corrected chi connectivity index (χ2v) is 7.54. The molecule has 1 saturated heterocycles. The Balaban J connectivity index is 1.36. The zero-order chi connectivity index (χ0) is 18.6. The van der Waals surface area contributed by atoms with E-state index in [-0.39, 0.29) is 11.8 Å². The summed E-state index contributed by atoms with van der Waals surface area (Å²) in [6, 6.07) is 18.0. The molecular weight excluding hydrogens is 336 g/mol. The van der Waals surface area contributed by atoms with E-state index >= 15 is 0 Å². The van der Waals surface area contributed by atoms with E-state index in [0.29, 0.717) is 37.6 Å². The van der Waals surface area contributed by atoms with Crippen molar-refractivity contribution in [1.82, 2.24) is 9.80 Å². The SMILES string of the molecule is O=C(c1ccc(-c2ccccc2)cc1)N1CCN(C(=O)C2CCCC2)CC1. The first-order chi connectivity index (χ1) is 13.2. The van der Waals surface area contributed by atoms with Gasteiger partial charge in [-0.25, -0.2) is 0 Å². The summed E-state index contributed by atoms with van der Waals surface area (Å²) >= 11 is 0. The summed E-state index contributed by atoms with van der Waals surface area (Å²) < 4.78 is 0. The van der Waals surface area contributed by atoms with Crippen molar-refractivity contribution in [1.29, 1.82) is 0 Å². The normalized spacial score (nSPS) is 17.9. The Morgan fingerprint density at radius 3 is 1.89 bits per heavy atom. The number of benzene rings is 2. The van der Waals surface area contributed by atoms with Crippen molar-refractivity contribution < 1.29 is 9.59 Å². The van der Waals surface area contributed by atoms with Crippen LogP contribution < -0.4 is 0 Å². The Kier molecular flexibility index (Phi) is 5.23. The topological polar surface area (TPSA) is 40.6 Å². The van der Waals surface area contributed by atoms with Crippen molar-refractivity contribution in [3.8, 4) is 11.1 Å². The second kappa shape index (κ2) is 7.95. The molecule has 0 spiro atoms. The van der Waals surface area contributed by atoms with Crippen molar-refractivity contribution in [3.05, 3.63) is 60.2 Å². The molecule has 140 valence electrons. The maximum absolute atomic E-state index is 12.8. The first-order valence-corrected chi connectivity index (χ1v) is 9.96. The first-order valence-electron chi connectivity index (χ1n) is 9.96. The molecule has 0 atom stereocenters. The Bertz CT molecular complexity index is 787. The van der Waals surface area contributed by atoms with Crippen LogP contribution in [0.15, 0.2) is 54.6 Å². The molecule has 4 nitrogen and oxygen atoms in total. The fraction of sp³-hybridized carbons (Fsp3) is 0.391. The maximum atomic E-state index is 12.8. The number of nitrogens with zero attached hydrogens (tertiary/aromatic N) is 2. The van der Waals surface area contributed by atoms with Gasteiger partial charge in [-0.1, -0.05) is 55.3 Å². The molecule has 0 N–H and O–H groups in total. The number of hydrogen-bond acceptors (Lipinski definition) is 2. The molecule has 0 aromatic heterocycles. The minimum absolute atomic E-state index is 0.0579. The summed E-state index contributed by atoms with van der Waals surface area (Å²) in [7, 11) is 0. The van der Waals surface area contributed by atoms with E-state index in [9.17, 15) is 9.59 Å². The molecule has 2 aromatic carbocycles. The third-order valence-electron chi connectivity index (χ3n) is 5.82. The van der Waals surface area contributed by atoms with Gasteiger partial charge in [0.2, 0.25) is 5.91 Å². The van der Waals surface area contributed by atoms with Gasteiger partial charge in [-0.05, 0) is 36.1 Å². The molecule has 2 aromatic rings. The summed E-state index contributed by atoms with van der Waals surface area (Å²) in [4.78, 5) is 29.2. The maximum Gasteiger partial charge on any atom is 0.253 e. The molecule has 27 heavy (non-hydrogen) atoms. The van der Waals surface area contributed by atoms with Crippen LogP contribution >= 0.6 is 0 Å². The lowest BCUT2D eigenvalue weighted by Crippen LogP contribution is -2.51. The molecular formula is C23H26N2O2. The van der Waals surface area contributed by atoms with E-state index in [4.69, 9.17) is 0 Å². The van der Waals surface area contributed by atoms with Gasteiger partial charge in [-0.3, -0.25) is 9.59 Å². The highest BCUT2D eigenvalue weighted by atomic mass is 16.2. The lowest BCUT2D eigenvalue weighted by atomic mass is 10.0. The molecule has 0 unspecified atom stereocenters. The van der Waals surface area contributed by atoms with Crippen LogP contribution in [0.4, 0.5) is 0 Å². The summed E-state index contributed by atoms with van der Waals surface area (Å²) in [5.41, 5.74) is 2.97. The van der Waals surface area contributed by atoms with Gasteiger partial charge in [0.1, 0.15) is 0 Å². The molecule has 1 heterocycles. The van der Waals surface area contributed by atoms with Crippen LogP contribution in [0.2, 0.25) is 0 Å². The summed E-state index contributed by atoms with van der Waals surface area (Å²) in [5.74, 6) is 0.576. The van der Waals surface area contributed by atoms with E-state index < -0.39 is 0 Å². The lowest BCUT2D eigenvalue weighted by Gasteiger charge is -2.36. The van der Waals surface area contributed by atoms with Crippen LogP contribution in [0.1, 0.15) is 36.0 Å². The quantitative estimate of drug-likeness (QED) is 0.833. The number of carbonyl (C=O) groups is 2. The predicted molar refractivity (Wildman–Crippen MR) is 106 cm³/mol. The van der Waals surface area contributed by atoms with Gasteiger partial charge in [0.05, 0.1) is 0 Å². The van der Waals surface area contributed by atoms with Crippen LogP contribution in [0.25, 0.3) is 11.1 Å². The largest absolute Gasteiger partial charge is 0.339 e. The molecule has 0 radical (unpaired) electrons. The number of hydrogen-bond donors (Lipinski definition) is 0. The fourth-order valence-corrected chi connectivity index (χ4v) is 4.18. The zero-order valence-electron chi connectivity index (χ0n) is 15.6. The van der Waals surface area contributed by atoms with Gasteiger partial charge in [0.25, 0.3) is 5.91 Å². The molecule has 4 rings (SSSR count). The lowest BCUT2D eigenvalue weighted by molar-refractivity contribution is -0.136. The zero-order valence-corrected chi connectivity index (χ0v) is 15.6. The van der Waals surface area contributed by atoms with Crippen LogP contribution in [-0.2, 0) is 4.79 Å². The van der Waals surface area contributed by atoms with E-state index in [0.717, 1.165) is 24.0 Å². The van der Waals surface area contributed by atoms with E-state index in [1.165, 1.54) is 12.8 Å². The van der Waals surface area contributed by atoms with Crippen molar-refractivity contribution in [2.75, 3.05) is 26.2 Å². The highest BCUT2D eigenvalue weighted by Gasteiger charge is 2.30. The Hall–Kier alpha value is -2.62. The van der Waals surface area contributed by atoms with Crippen molar-refractivity contribution in [3.63, 3.8) is 0 Å². The monoisotopic (exact) mass is 362 g/mol. The number of piperazine rings is 1. The van der Waals surface area contributed by atoms with Crippen LogP contribution in [0.3, 0.4) is 0 Å². The molecule has 1 saturated carbocycles. The summed E-state index contributed by atoms with van der Waals surface area (Å²) in [6.07, 6.45) is 4.42. The first kappa shape index (κ1) is 17.8. The van der Waals surface area contributed by atoms with Crippen LogP contribution in [0, 0.1) is 5.92 Å². The third-order valence-corrected chi connectivity index (χ3v) is 5.82. The second-order valence-electron chi connectivity index (χ2n) is 7.54. The molecule has 1 aliphatic heterocycles. The van der Waals surface area contributed by atoms with Crippen LogP contribution in [0.5, 0.6) is 0 Å². The van der Waals surface area contributed by atoms with E-state index in [1.54, 1.807) is 0 Å². The smallest absolute Gasteiger partial charge is 0.253 e. The molecule has 2 fully saturated rings. The Morgan fingerprint density at radius 1 is 0.704 bits per heavy atom. The van der Waals surface area contributed by atoms with Crippen molar-refractivity contribution >= 4 is 11.8 Å². The van der Waals surface area contributed by atoms with Crippen molar-refractivity contribution in [2.45, 2.75) is 25.7 Å². The van der Waals surface area contributed by atoms with Crippen molar-refractivity contribution in [2.24, 2.45) is 5.92 Å². The van der Waals surface area contributed by atoms with E-state index in [1.807, 2.05) is 52.3 Å². The third kappa shape index (κ3) is 3.90. The highest BCUT2D eigenvalue weighted by Crippen LogP contribution is 2.27. The number of carbonyl (C=O) groups excluding carboxylic acids is 2. The molecule has 2 amide bonds. The van der Waals surface area contributed by atoms with Gasteiger partial charge in [-0.15, -0.1) is 0 Å². The van der Waals surface area contributed by atoms with Crippen LogP contribution in [-0.4, -0.2) is 47.8 Å². The number of amides is 2. The predicted octanol–water partition coefficient (Wildman–Crippen LogP) is 3.83. The standard InChI is InChI=1S/C23H26N2O2/c26-22(20-8-4-5-9-20)24-14-16-25(17-15-24)23(27)21-12-10-19(11-13-21)18-6-2-1-3-7-18/h1-3,6-7,10-13,20H,4-5,8-9,14-17H2. The number of rotatable bonds is 3. The fourth-order valence-electron chi connectivity index (χ4n) is 4.18. The van der Waals surface area contributed by atoms with Gasteiger partial charge >= 0.3 is 0 Å². The van der Waals surface area contributed by atoms with Gasteiger partial charge in [0, 0.05) is 37.7 Å². The minimum Gasteiger partial charge on any atom is -0.339 e. The minimum atomic E-state index is 0.0579. The van der Waals surface area contributed by atoms with Gasteiger partial charge in [0.15, 0.2) is 0 Å². The Labute approximate surface area is 160 Å². The molecule has 4 heteroatoms. The molecule has 1 aliphatic carbocycles. The van der Waals surface area contributed by atoms with Gasteiger partial charge < -0.3 is 9.80 Å². The van der Waals surface area contributed by atoms with E-state index in [2.05, 4.69) is 12.1 Å². The summed E-state index contributed by atoms with van der Waals surface area (Å²) in [6.45, 7) is 2.56. The summed E-state index contributed by atoms with van der Waals surface area (Å²) in [5, 5.41) is 0. The molecule has 2 aliphatic rings. The Morgan fingerprint density at radius 2 is 1.26 bits per heavy atom. The highest BCUT2D eigenvalue weighted by molar-refractivity contribution is 5.95. The average Bonchev–Trinajstić information content (AvgIpc) is 3.28.